The Morgan fingerprint density at radius 2 is 1.75 bits per heavy atom. The molecule has 1 aromatic rings. The number of allylic oxidation sites excluding steroid dienone is 1. The first kappa shape index (κ1) is 26.1. The van der Waals surface area contributed by atoms with Crippen LogP contribution in [-0.4, -0.2) is 12.1 Å². The van der Waals surface area contributed by atoms with E-state index >= 15 is 0 Å². The lowest BCUT2D eigenvalue weighted by atomic mass is 9.47. The lowest BCUT2D eigenvalue weighted by Crippen LogP contribution is -2.51. The Morgan fingerprint density at radius 1 is 0.972 bits per heavy atom. The van der Waals surface area contributed by atoms with Gasteiger partial charge < -0.3 is 4.74 Å². The van der Waals surface area contributed by atoms with Crippen LogP contribution in [0, 0.1) is 46.3 Å². The zero-order chi connectivity index (χ0) is 25.5. The summed E-state index contributed by atoms with van der Waals surface area (Å²) in [6, 6.07) is 9.49. The number of esters is 1. The minimum absolute atomic E-state index is 0.0324. The zero-order valence-corrected chi connectivity index (χ0v) is 23.6. The van der Waals surface area contributed by atoms with Crippen molar-refractivity contribution in [2.45, 2.75) is 111 Å². The Bertz CT molecular complexity index is 947. The van der Waals surface area contributed by atoms with Crippen LogP contribution < -0.4 is 0 Å². The number of carbonyl (C=O) groups excluding carboxylic acids is 1. The highest BCUT2D eigenvalue weighted by Gasteiger charge is 2.59. The molecule has 1 aromatic carbocycles. The molecule has 0 heterocycles. The summed E-state index contributed by atoms with van der Waals surface area (Å²) in [7, 11) is 0. The van der Waals surface area contributed by atoms with Crippen molar-refractivity contribution in [1.29, 1.82) is 0 Å². The van der Waals surface area contributed by atoms with Gasteiger partial charge in [-0.25, -0.2) is 4.79 Å². The van der Waals surface area contributed by atoms with Crippen LogP contribution in [0.1, 0.15) is 116 Å². The number of fused-ring (bicyclic) bond motifs is 5. The summed E-state index contributed by atoms with van der Waals surface area (Å²) in [5.74, 6) is 5.03. The lowest BCUT2D eigenvalue weighted by Gasteiger charge is -2.58. The van der Waals surface area contributed by atoms with Crippen molar-refractivity contribution < 1.29 is 9.53 Å². The van der Waals surface area contributed by atoms with Crippen molar-refractivity contribution in [3.05, 3.63) is 47.5 Å². The van der Waals surface area contributed by atoms with Gasteiger partial charge in [0, 0.05) is 6.42 Å². The maximum atomic E-state index is 12.7. The predicted molar refractivity (Wildman–Crippen MR) is 149 cm³/mol. The molecule has 0 N–H and O–H groups in total. The lowest BCUT2D eigenvalue weighted by molar-refractivity contribution is -0.0594. The van der Waals surface area contributed by atoms with Crippen LogP contribution in [0.3, 0.4) is 0 Å². The van der Waals surface area contributed by atoms with Crippen LogP contribution in [0.2, 0.25) is 0 Å². The van der Waals surface area contributed by atoms with Crippen molar-refractivity contribution in [3.8, 4) is 0 Å². The van der Waals surface area contributed by atoms with E-state index in [1.54, 1.807) is 5.57 Å². The molecule has 8 atom stereocenters. The third-order valence-corrected chi connectivity index (χ3v) is 11.5. The first-order valence-electron chi connectivity index (χ1n) is 15.2. The largest absolute Gasteiger partial charge is 0.458 e. The third kappa shape index (κ3) is 4.71. The second-order valence-electron chi connectivity index (χ2n) is 13.9. The zero-order valence-electron chi connectivity index (χ0n) is 23.6. The molecule has 0 amide bonds. The van der Waals surface area contributed by atoms with Crippen molar-refractivity contribution in [1.82, 2.24) is 0 Å². The maximum absolute atomic E-state index is 12.7. The van der Waals surface area contributed by atoms with E-state index in [4.69, 9.17) is 4.74 Å². The van der Waals surface area contributed by atoms with E-state index in [2.05, 4.69) is 40.7 Å². The van der Waals surface area contributed by atoms with Crippen molar-refractivity contribution in [3.63, 3.8) is 0 Å². The summed E-state index contributed by atoms with van der Waals surface area (Å²) < 4.78 is 6.00. The fourth-order valence-corrected chi connectivity index (χ4v) is 9.55. The van der Waals surface area contributed by atoms with E-state index in [-0.39, 0.29) is 12.1 Å². The molecule has 0 aromatic heterocycles. The van der Waals surface area contributed by atoms with Crippen LogP contribution in [0.15, 0.2) is 42.0 Å². The molecule has 36 heavy (non-hydrogen) atoms. The quantitative estimate of drug-likeness (QED) is 0.281. The molecule has 5 rings (SSSR count). The summed E-state index contributed by atoms with van der Waals surface area (Å²) >= 11 is 0. The van der Waals surface area contributed by atoms with E-state index in [1.165, 1.54) is 57.8 Å². The number of rotatable bonds is 7. The molecule has 0 radical (unpaired) electrons. The number of benzene rings is 1. The van der Waals surface area contributed by atoms with E-state index < -0.39 is 0 Å². The van der Waals surface area contributed by atoms with Gasteiger partial charge in [0.15, 0.2) is 0 Å². The fourth-order valence-electron chi connectivity index (χ4n) is 9.55. The van der Waals surface area contributed by atoms with Crippen LogP contribution in [0.5, 0.6) is 0 Å². The second kappa shape index (κ2) is 10.3. The predicted octanol–water partition coefficient (Wildman–Crippen LogP) is 9.25. The van der Waals surface area contributed by atoms with E-state index in [9.17, 15) is 4.79 Å². The van der Waals surface area contributed by atoms with Crippen LogP contribution in [0.25, 0.3) is 0 Å². The normalized spacial score (nSPS) is 38.5. The summed E-state index contributed by atoms with van der Waals surface area (Å²) in [4.78, 5) is 12.7. The van der Waals surface area contributed by atoms with Crippen LogP contribution in [-0.2, 0) is 4.74 Å². The molecule has 4 aliphatic rings. The Labute approximate surface area is 220 Å². The molecular weight excluding hydrogens is 440 g/mol. The molecule has 198 valence electrons. The summed E-state index contributed by atoms with van der Waals surface area (Å²) in [6.45, 7) is 12.6. The van der Waals surface area contributed by atoms with Gasteiger partial charge in [-0.2, -0.15) is 0 Å². The van der Waals surface area contributed by atoms with Crippen LogP contribution in [0.4, 0.5) is 0 Å². The summed E-state index contributed by atoms with van der Waals surface area (Å²) in [6.07, 6.45) is 17.0. The maximum Gasteiger partial charge on any atom is 0.338 e. The first-order valence-corrected chi connectivity index (χ1v) is 15.2. The van der Waals surface area contributed by atoms with Gasteiger partial charge in [0.1, 0.15) is 6.10 Å². The molecule has 4 aliphatic carbocycles. The highest BCUT2D eigenvalue weighted by molar-refractivity contribution is 5.89. The Balaban J connectivity index is 1.25. The van der Waals surface area contributed by atoms with Gasteiger partial charge in [0.05, 0.1) is 5.56 Å². The number of carbonyl (C=O) groups is 1. The monoisotopic (exact) mass is 490 g/mol. The number of hydrogen-bond acceptors (Lipinski definition) is 2. The van der Waals surface area contributed by atoms with Crippen LogP contribution >= 0.6 is 0 Å². The van der Waals surface area contributed by atoms with Gasteiger partial charge >= 0.3 is 5.97 Å². The Kier molecular flexibility index (Phi) is 7.45. The molecule has 0 aliphatic heterocycles. The Hall–Kier alpha value is -1.57. The summed E-state index contributed by atoms with van der Waals surface area (Å²) in [5.41, 5.74) is 3.12. The number of hydrogen-bond donors (Lipinski definition) is 0. The van der Waals surface area contributed by atoms with Gasteiger partial charge in [-0.1, -0.05) is 83.7 Å². The molecular formula is C34H50O2. The van der Waals surface area contributed by atoms with E-state index in [0.717, 1.165) is 48.3 Å². The Morgan fingerprint density at radius 3 is 2.50 bits per heavy atom. The van der Waals surface area contributed by atoms with Gasteiger partial charge in [0.2, 0.25) is 0 Å². The van der Waals surface area contributed by atoms with E-state index in [0.29, 0.717) is 16.4 Å². The van der Waals surface area contributed by atoms with Crippen molar-refractivity contribution in [2.24, 2.45) is 46.3 Å². The topological polar surface area (TPSA) is 26.3 Å². The minimum atomic E-state index is -0.161. The molecule has 3 fully saturated rings. The minimum Gasteiger partial charge on any atom is -0.458 e. The standard InChI is InChI=1S/C34H50O2/c1-23(2)10-9-11-24(3)29-16-17-30-28-15-14-26-22-27(36-32(35)25-12-7-6-8-13-25)18-20-33(26,4)31(28)19-21-34(29,30)5/h6-8,12-14,23-24,27-31H,9-11,15-22H2,1-5H3/t24-,27-,28+,29-,30-,31-,33-,34+/m0/s1. The highest BCUT2D eigenvalue weighted by atomic mass is 16.5. The highest BCUT2D eigenvalue weighted by Crippen LogP contribution is 2.67. The molecule has 0 spiro atoms. The van der Waals surface area contributed by atoms with E-state index in [1.807, 2.05) is 30.3 Å². The molecule has 0 saturated heterocycles. The SMILES string of the molecule is CC(C)CCC[C@H](C)[C@@H]1CC[C@H]2[C@H]3CC=C4C[C@@H](OC(=O)c5ccccc5)CC[C@]4(C)[C@H]3CC[C@@]21C. The molecule has 2 nitrogen and oxygen atoms in total. The molecule has 0 bridgehead atoms. The smallest absolute Gasteiger partial charge is 0.338 e. The molecule has 3 saturated carbocycles. The van der Waals surface area contributed by atoms with Gasteiger partial charge in [-0.05, 0) is 103 Å². The van der Waals surface area contributed by atoms with Gasteiger partial charge in [-0.3, -0.25) is 0 Å². The van der Waals surface area contributed by atoms with Gasteiger partial charge in [0.25, 0.3) is 0 Å². The number of ether oxygens (including phenoxy) is 1. The third-order valence-electron chi connectivity index (χ3n) is 11.5. The average Bonchev–Trinajstić information content (AvgIpc) is 3.22. The molecule has 2 heteroatoms. The second-order valence-corrected chi connectivity index (χ2v) is 13.9. The fraction of sp³-hybridized carbons (Fsp3) is 0.735. The molecule has 0 unspecified atom stereocenters. The average molecular weight is 491 g/mol. The van der Waals surface area contributed by atoms with Crippen molar-refractivity contribution >= 4 is 5.97 Å². The summed E-state index contributed by atoms with van der Waals surface area (Å²) in [5, 5.41) is 0. The first-order chi connectivity index (χ1) is 17.2. The van der Waals surface area contributed by atoms with Crippen molar-refractivity contribution in [2.75, 3.05) is 0 Å². The van der Waals surface area contributed by atoms with Gasteiger partial charge in [-0.15, -0.1) is 0 Å².